The van der Waals surface area contributed by atoms with Gasteiger partial charge in [0.25, 0.3) is 0 Å². The highest BCUT2D eigenvalue weighted by molar-refractivity contribution is 5.84. The highest BCUT2D eigenvalue weighted by Crippen LogP contribution is 2.21. The van der Waals surface area contributed by atoms with E-state index in [1.54, 1.807) is 7.11 Å². The van der Waals surface area contributed by atoms with Crippen LogP contribution >= 0.6 is 0 Å². The molecule has 0 aliphatic heterocycles. The molecule has 4 heteroatoms. The van der Waals surface area contributed by atoms with Crippen molar-refractivity contribution < 1.29 is 9.53 Å². The third-order valence-electron chi connectivity index (χ3n) is 3.87. The van der Waals surface area contributed by atoms with Crippen LogP contribution in [0.25, 0.3) is 10.9 Å². The van der Waals surface area contributed by atoms with Crippen molar-refractivity contribution in [3.05, 3.63) is 66.4 Å². The zero-order valence-electron chi connectivity index (χ0n) is 13.2. The molecule has 2 aromatic carbocycles. The van der Waals surface area contributed by atoms with Crippen molar-refractivity contribution in [3.63, 3.8) is 0 Å². The summed E-state index contributed by atoms with van der Waals surface area (Å²) in [6.07, 6.45) is 2.77. The van der Waals surface area contributed by atoms with Crippen molar-refractivity contribution in [2.45, 2.75) is 13.0 Å². The first-order valence-electron chi connectivity index (χ1n) is 7.70. The third kappa shape index (κ3) is 3.72. The molecule has 3 rings (SSSR count). The predicted octanol–water partition coefficient (Wildman–Crippen LogP) is 3.01. The third-order valence-corrected chi connectivity index (χ3v) is 3.87. The molecule has 0 bridgehead atoms. The lowest BCUT2D eigenvalue weighted by Crippen LogP contribution is -2.29. The number of fused-ring (bicyclic) bond motifs is 1. The highest BCUT2D eigenvalue weighted by atomic mass is 16.5. The molecule has 0 saturated heterocycles. The minimum atomic E-state index is 0.0225. The van der Waals surface area contributed by atoms with Gasteiger partial charge in [0, 0.05) is 23.6 Å². The van der Waals surface area contributed by atoms with Gasteiger partial charge in [0.05, 0.1) is 7.11 Å². The van der Waals surface area contributed by atoms with E-state index in [2.05, 4.69) is 17.4 Å². The first-order chi connectivity index (χ1) is 11.3. The van der Waals surface area contributed by atoms with Gasteiger partial charge in [-0.15, -0.1) is 0 Å². The van der Waals surface area contributed by atoms with E-state index in [-0.39, 0.29) is 5.91 Å². The van der Waals surface area contributed by atoms with Gasteiger partial charge in [0.2, 0.25) is 5.91 Å². The zero-order valence-corrected chi connectivity index (χ0v) is 13.2. The fraction of sp³-hybridized carbons (Fsp3) is 0.211. The molecule has 1 aromatic heterocycles. The van der Waals surface area contributed by atoms with E-state index >= 15 is 0 Å². The van der Waals surface area contributed by atoms with Gasteiger partial charge in [-0.2, -0.15) is 0 Å². The topological polar surface area (TPSA) is 43.3 Å². The molecule has 0 atom stereocenters. The number of amides is 1. The number of benzene rings is 2. The second kappa shape index (κ2) is 7.01. The van der Waals surface area contributed by atoms with Gasteiger partial charge < -0.3 is 14.6 Å². The Kier molecular flexibility index (Phi) is 4.62. The van der Waals surface area contributed by atoms with Gasteiger partial charge in [0.1, 0.15) is 12.3 Å². The van der Waals surface area contributed by atoms with Crippen molar-refractivity contribution in [2.24, 2.45) is 0 Å². The number of ether oxygens (including phenoxy) is 1. The predicted molar refractivity (Wildman–Crippen MR) is 91.6 cm³/mol. The zero-order chi connectivity index (χ0) is 16.1. The second-order valence-corrected chi connectivity index (χ2v) is 5.45. The first kappa shape index (κ1) is 15.2. The molecule has 0 unspecified atom stereocenters. The maximum atomic E-state index is 12.1. The molecular weight excluding hydrogens is 288 g/mol. The van der Waals surface area contributed by atoms with E-state index in [0.29, 0.717) is 13.1 Å². The van der Waals surface area contributed by atoms with Crippen LogP contribution in [0.5, 0.6) is 5.75 Å². The van der Waals surface area contributed by atoms with Crippen LogP contribution in [0.2, 0.25) is 0 Å². The quantitative estimate of drug-likeness (QED) is 0.760. The van der Waals surface area contributed by atoms with E-state index in [4.69, 9.17) is 4.74 Å². The lowest BCUT2D eigenvalue weighted by Gasteiger charge is -2.08. The van der Waals surface area contributed by atoms with Gasteiger partial charge >= 0.3 is 0 Å². The lowest BCUT2D eigenvalue weighted by atomic mass is 10.1. The number of nitrogens with zero attached hydrogens (tertiary/aromatic N) is 1. The summed E-state index contributed by atoms with van der Waals surface area (Å²) < 4.78 is 7.17. The van der Waals surface area contributed by atoms with Crippen molar-refractivity contribution in [1.82, 2.24) is 9.88 Å². The van der Waals surface area contributed by atoms with Crippen molar-refractivity contribution in [3.8, 4) is 5.75 Å². The largest absolute Gasteiger partial charge is 0.497 e. The van der Waals surface area contributed by atoms with E-state index in [9.17, 15) is 4.79 Å². The fourth-order valence-corrected chi connectivity index (χ4v) is 2.64. The summed E-state index contributed by atoms with van der Waals surface area (Å²) >= 11 is 0. The monoisotopic (exact) mass is 308 g/mol. The summed E-state index contributed by atoms with van der Waals surface area (Å²) in [6, 6.07) is 18.0. The molecule has 0 fully saturated rings. The average Bonchev–Trinajstić information content (AvgIpc) is 2.98. The van der Waals surface area contributed by atoms with E-state index in [0.717, 1.165) is 23.1 Å². The van der Waals surface area contributed by atoms with Crippen LogP contribution in [0, 0.1) is 0 Å². The molecule has 0 aliphatic carbocycles. The number of methoxy groups -OCH3 is 1. The standard InChI is InChI=1S/C19H20N2O2/c1-23-17-7-8-18-16(13-17)10-12-21(18)14-19(22)20-11-9-15-5-3-2-4-6-15/h2-8,10,12-13H,9,11,14H2,1H3,(H,20,22). The van der Waals surface area contributed by atoms with Crippen molar-refractivity contribution in [2.75, 3.05) is 13.7 Å². The molecule has 23 heavy (non-hydrogen) atoms. The number of hydrogen-bond acceptors (Lipinski definition) is 2. The number of carbonyl (C=O) groups is 1. The SMILES string of the molecule is COc1ccc2c(ccn2CC(=O)NCCc2ccccc2)c1. The van der Waals surface area contributed by atoms with E-state index in [1.807, 2.05) is 53.2 Å². The molecule has 4 nitrogen and oxygen atoms in total. The maximum Gasteiger partial charge on any atom is 0.239 e. The summed E-state index contributed by atoms with van der Waals surface area (Å²) in [5.41, 5.74) is 2.26. The Balaban J connectivity index is 1.57. The van der Waals surface area contributed by atoms with Gasteiger partial charge in [-0.1, -0.05) is 30.3 Å². The van der Waals surface area contributed by atoms with Gasteiger partial charge in [-0.25, -0.2) is 0 Å². The Morgan fingerprint density at radius 3 is 2.74 bits per heavy atom. The van der Waals surface area contributed by atoms with E-state index < -0.39 is 0 Å². The molecule has 0 spiro atoms. The summed E-state index contributed by atoms with van der Waals surface area (Å²) in [5, 5.41) is 4.04. The normalized spacial score (nSPS) is 10.7. The second-order valence-electron chi connectivity index (χ2n) is 5.45. The van der Waals surface area contributed by atoms with Crippen LogP contribution in [0.3, 0.4) is 0 Å². The van der Waals surface area contributed by atoms with Crippen LogP contribution in [-0.2, 0) is 17.8 Å². The van der Waals surface area contributed by atoms with Crippen molar-refractivity contribution >= 4 is 16.8 Å². The molecular formula is C19H20N2O2. The average molecular weight is 308 g/mol. The van der Waals surface area contributed by atoms with Crippen LogP contribution in [-0.4, -0.2) is 24.1 Å². The molecule has 0 radical (unpaired) electrons. The minimum absolute atomic E-state index is 0.0225. The maximum absolute atomic E-state index is 12.1. The number of aromatic nitrogens is 1. The van der Waals surface area contributed by atoms with Crippen LogP contribution < -0.4 is 10.1 Å². The van der Waals surface area contributed by atoms with Crippen LogP contribution in [0.4, 0.5) is 0 Å². The summed E-state index contributed by atoms with van der Waals surface area (Å²) in [7, 11) is 1.65. The Bertz CT molecular complexity index is 793. The number of carbonyl (C=O) groups excluding carboxylic acids is 1. The van der Waals surface area contributed by atoms with Crippen LogP contribution in [0.15, 0.2) is 60.8 Å². The number of nitrogens with one attached hydrogen (secondary N) is 1. The summed E-state index contributed by atoms with van der Waals surface area (Å²) in [5.74, 6) is 0.844. The Morgan fingerprint density at radius 2 is 1.96 bits per heavy atom. The molecule has 3 aromatic rings. The van der Waals surface area contributed by atoms with Crippen molar-refractivity contribution in [1.29, 1.82) is 0 Å². The Hall–Kier alpha value is -2.75. The fourth-order valence-electron chi connectivity index (χ4n) is 2.64. The van der Waals surface area contributed by atoms with Gasteiger partial charge in [-0.05, 0) is 36.2 Å². The molecule has 0 aliphatic rings. The molecule has 1 N–H and O–H groups in total. The minimum Gasteiger partial charge on any atom is -0.497 e. The lowest BCUT2D eigenvalue weighted by molar-refractivity contribution is -0.121. The summed E-state index contributed by atoms with van der Waals surface area (Å²) in [6.45, 7) is 0.973. The Labute approximate surface area is 135 Å². The first-order valence-corrected chi connectivity index (χ1v) is 7.70. The van der Waals surface area contributed by atoms with E-state index in [1.165, 1.54) is 5.56 Å². The number of rotatable bonds is 6. The molecule has 1 heterocycles. The Morgan fingerprint density at radius 1 is 1.13 bits per heavy atom. The smallest absolute Gasteiger partial charge is 0.239 e. The van der Waals surface area contributed by atoms with Crippen LogP contribution in [0.1, 0.15) is 5.56 Å². The highest BCUT2D eigenvalue weighted by Gasteiger charge is 2.07. The summed E-state index contributed by atoms with van der Waals surface area (Å²) in [4.78, 5) is 12.1. The molecule has 0 saturated carbocycles. The number of hydrogen-bond donors (Lipinski definition) is 1. The molecule has 1 amide bonds. The van der Waals surface area contributed by atoms with Gasteiger partial charge in [0.15, 0.2) is 0 Å². The van der Waals surface area contributed by atoms with Gasteiger partial charge in [-0.3, -0.25) is 4.79 Å². The molecule has 118 valence electrons.